The number of hydrogen-bond donors (Lipinski definition) is 9. The molecule has 8 unspecified atom stereocenters. The van der Waals surface area contributed by atoms with Gasteiger partial charge in [-0.3, -0.25) is 43.5 Å². The molecule has 0 spiro atoms. The Morgan fingerprint density at radius 1 is 0.531 bits per heavy atom. The van der Waals surface area contributed by atoms with Crippen LogP contribution in [0.4, 0.5) is 0 Å². The third kappa shape index (κ3) is 11.9. The lowest BCUT2D eigenvalue weighted by Gasteiger charge is -2.35. The molecule has 5 aliphatic heterocycles. The minimum atomic E-state index is -1.17. The molecule has 5 rings (SSSR count). The number of carbonyl (C=O) groups excluding carboxylic acids is 7. The SMILES string of the molecule is NC(N)=NCCCC(NC(=O)C1CCCN1C(=O)C(CCCN=C(N)N)NC(=O)C1CCCN1C(=O)C1CCCN1C(=O)C1CCCN1C(=O)C(N)CO)C(=O)N1CCCC1C(=O)O. The topological polar surface area (TPSA) is 372 Å². The van der Waals surface area contributed by atoms with Gasteiger partial charge in [0.15, 0.2) is 11.9 Å². The van der Waals surface area contributed by atoms with Crippen molar-refractivity contribution < 1.29 is 48.6 Å². The summed E-state index contributed by atoms with van der Waals surface area (Å²) in [5, 5.41) is 24.8. The van der Waals surface area contributed by atoms with Gasteiger partial charge in [-0.05, 0) is 89.9 Å². The molecule has 5 aliphatic rings. The summed E-state index contributed by atoms with van der Waals surface area (Å²) < 4.78 is 0. The van der Waals surface area contributed by atoms with Crippen LogP contribution in [-0.2, 0) is 38.4 Å². The van der Waals surface area contributed by atoms with Gasteiger partial charge in [0.05, 0.1) is 6.61 Å². The predicted octanol–water partition coefficient (Wildman–Crippen LogP) is -4.58. The number of likely N-dealkylation sites (tertiary alicyclic amines) is 5. The standard InChI is InChI=1S/C40H66N14O10/c41-23(22-55)33(58)52-19-5-12-28(52)37(62)53-20-6-13-29(53)36(61)51-18-4-11-27(51)32(57)48-24(8-1-15-46-39(42)43)34(59)50-17-3-10-26(50)31(56)49-25(9-2-16-47-40(44)45)35(60)54-21-7-14-30(54)38(63)64/h23-30,55H,1-22,41H2,(H,48,57)(H,49,56)(H,63,64)(H4,42,43,46)(H4,44,45,47). The van der Waals surface area contributed by atoms with Crippen LogP contribution in [0.2, 0.25) is 0 Å². The van der Waals surface area contributed by atoms with E-state index >= 15 is 0 Å². The van der Waals surface area contributed by atoms with Crippen molar-refractivity contribution in [2.75, 3.05) is 52.4 Å². The van der Waals surface area contributed by atoms with Crippen LogP contribution >= 0.6 is 0 Å². The summed E-state index contributed by atoms with van der Waals surface area (Å²) in [5.74, 6) is -5.12. The second-order valence-electron chi connectivity index (χ2n) is 17.1. The molecule has 14 N–H and O–H groups in total. The first-order chi connectivity index (χ1) is 30.5. The van der Waals surface area contributed by atoms with E-state index in [-0.39, 0.29) is 95.6 Å². The number of carbonyl (C=O) groups is 8. The molecule has 5 fully saturated rings. The van der Waals surface area contributed by atoms with Gasteiger partial charge in [0.2, 0.25) is 41.4 Å². The Morgan fingerprint density at radius 2 is 0.875 bits per heavy atom. The molecule has 356 valence electrons. The summed E-state index contributed by atoms with van der Waals surface area (Å²) >= 11 is 0. The first-order valence-electron chi connectivity index (χ1n) is 22.4. The van der Waals surface area contributed by atoms with Crippen molar-refractivity contribution >= 4 is 59.2 Å². The van der Waals surface area contributed by atoms with Crippen LogP contribution in [0, 0.1) is 0 Å². The van der Waals surface area contributed by atoms with Crippen molar-refractivity contribution in [3.63, 3.8) is 0 Å². The molecule has 7 amide bonds. The molecule has 5 heterocycles. The molecular weight excluding hydrogens is 837 g/mol. The van der Waals surface area contributed by atoms with Gasteiger partial charge in [0.25, 0.3) is 0 Å². The van der Waals surface area contributed by atoms with E-state index in [1.165, 1.54) is 24.5 Å². The summed E-state index contributed by atoms with van der Waals surface area (Å²) in [4.78, 5) is 124. The lowest BCUT2D eigenvalue weighted by molar-refractivity contribution is -0.151. The zero-order valence-corrected chi connectivity index (χ0v) is 36.4. The summed E-state index contributed by atoms with van der Waals surface area (Å²) in [6.45, 7) is 0.923. The Bertz CT molecular complexity index is 1810. The molecule has 24 heteroatoms. The lowest BCUT2D eigenvalue weighted by atomic mass is 10.1. The van der Waals surface area contributed by atoms with E-state index in [9.17, 15) is 48.6 Å². The number of rotatable bonds is 19. The van der Waals surface area contributed by atoms with E-state index in [0.717, 1.165) is 0 Å². The monoisotopic (exact) mass is 903 g/mol. The van der Waals surface area contributed by atoms with Crippen LogP contribution in [0.25, 0.3) is 0 Å². The van der Waals surface area contributed by atoms with Crippen LogP contribution in [0.5, 0.6) is 0 Å². The number of nitrogens with zero attached hydrogens (tertiary/aromatic N) is 7. The molecule has 0 aromatic heterocycles. The van der Waals surface area contributed by atoms with Gasteiger partial charge < -0.3 is 74.0 Å². The number of aliphatic imine (C=N–C) groups is 2. The molecule has 0 bridgehead atoms. The van der Waals surface area contributed by atoms with Crippen LogP contribution in [0.15, 0.2) is 9.98 Å². The largest absolute Gasteiger partial charge is 0.480 e. The van der Waals surface area contributed by atoms with E-state index in [1.54, 1.807) is 0 Å². The number of hydrogen-bond acceptors (Lipinski definition) is 12. The van der Waals surface area contributed by atoms with E-state index in [0.29, 0.717) is 57.9 Å². The second kappa shape index (κ2) is 22.7. The summed E-state index contributed by atoms with van der Waals surface area (Å²) in [6, 6.07) is -8.17. The number of guanidine groups is 2. The smallest absolute Gasteiger partial charge is 0.326 e. The highest BCUT2D eigenvalue weighted by molar-refractivity contribution is 5.98. The predicted molar refractivity (Wildman–Crippen MR) is 230 cm³/mol. The van der Waals surface area contributed by atoms with Crippen LogP contribution in [-0.4, -0.2) is 195 Å². The summed E-state index contributed by atoms with van der Waals surface area (Å²) in [5.41, 5.74) is 27.8. The molecule has 8 atom stereocenters. The lowest BCUT2D eigenvalue weighted by Crippen LogP contribution is -2.59. The third-order valence-electron chi connectivity index (χ3n) is 12.8. The zero-order valence-electron chi connectivity index (χ0n) is 36.4. The Hall–Kier alpha value is -5.78. The molecular formula is C40H66N14O10. The Balaban J connectivity index is 1.29. The average molecular weight is 903 g/mol. The number of carboxylic acid groups (broad SMARTS) is 1. The van der Waals surface area contributed by atoms with Crippen LogP contribution in [0.1, 0.15) is 89.9 Å². The maximum Gasteiger partial charge on any atom is 0.326 e. The Kier molecular flexibility index (Phi) is 17.5. The highest BCUT2D eigenvalue weighted by Crippen LogP contribution is 2.29. The molecule has 0 aliphatic carbocycles. The Labute approximate surface area is 371 Å². The van der Waals surface area contributed by atoms with Crippen molar-refractivity contribution in [3.05, 3.63) is 0 Å². The fourth-order valence-electron chi connectivity index (χ4n) is 9.60. The molecule has 24 nitrogen and oxygen atoms in total. The van der Waals surface area contributed by atoms with Crippen molar-refractivity contribution in [1.82, 2.24) is 35.1 Å². The van der Waals surface area contributed by atoms with E-state index in [4.69, 9.17) is 28.7 Å². The molecule has 0 aromatic carbocycles. The Morgan fingerprint density at radius 3 is 1.30 bits per heavy atom. The third-order valence-corrected chi connectivity index (χ3v) is 12.8. The quantitative estimate of drug-likeness (QED) is 0.0335. The van der Waals surface area contributed by atoms with Gasteiger partial charge in [0.1, 0.15) is 48.3 Å². The van der Waals surface area contributed by atoms with Gasteiger partial charge in [-0.1, -0.05) is 0 Å². The number of aliphatic carboxylic acids is 1. The maximum atomic E-state index is 14.5. The normalized spacial score (nSPS) is 24.5. The number of nitrogens with one attached hydrogen (secondary N) is 2. The van der Waals surface area contributed by atoms with Crippen LogP contribution in [0.3, 0.4) is 0 Å². The van der Waals surface area contributed by atoms with Crippen molar-refractivity contribution in [3.8, 4) is 0 Å². The maximum absolute atomic E-state index is 14.5. The fourth-order valence-corrected chi connectivity index (χ4v) is 9.60. The minimum absolute atomic E-state index is 0.0751. The fraction of sp³-hybridized carbons (Fsp3) is 0.750. The molecule has 5 saturated heterocycles. The number of nitrogens with two attached hydrogens (primary N) is 5. The zero-order chi connectivity index (χ0) is 46.7. The first-order valence-corrected chi connectivity index (χ1v) is 22.4. The van der Waals surface area contributed by atoms with Crippen molar-refractivity contribution in [1.29, 1.82) is 0 Å². The number of amides is 7. The second-order valence-corrected chi connectivity index (χ2v) is 17.1. The average Bonchev–Trinajstić information content (AvgIpc) is 4.12. The van der Waals surface area contributed by atoms with Gasteiger partial charge in [0, 0.05) is 45.8 Å². The van der Waals surface area contributed by atoms with Crippen molar-refractivity contribution in [2.45, 2.75) is 138 Å². The minimum Gasteiger partial charge on any atom is -0.480 e. The van der Waals surface area contributed by atoms with Gasteiger partial charge in [-0.15, -0.1) is 0 Å². The van der Waals surface area contributed by atoms with Gasteiger partial charge in [-0.2, -0.15) is 0 Å². The highest BCUT2D eigenvalue weighted by Gasteiger charge is 2.47. The molecule has 64 heavy (non-hydrogen) atoms. The molecule has 0 radical (unpaired) electrons. The van der Waals surface area contributed by atoms with Crippen molar-refractivity contribution in [2.24, 2.45) is 38.7 Å². The van der Waals surface area contributed by atoms with Gasteiger partial charge >= 0.3 is 5.97 Å². The van der Waals surface area contributed by atoms with Crippen LogP contribution < -0.4 is 39.3 Å². The molecule has 0 aromatic rings. The number of aliphatic hydroxyl groups is 1. The van der Waals surface area contributed by atoms with E-state index < -0.39 is 96.4 Å². The van der Waals surface area contributed by atoms with E-state index in [1.807, 2.05) is 0 Å². The molecule has 0 saturated carbocycles. The number of carboxylic acids is 1. The summed E-state index contributed by atoms with van der Waals surface area (Å²) in [6.07, 6.45) is 4.80. The van der Waals surface area contributed by atoms with E-state index in [2.05, 4.69) is 20.6 Å². The number of aliphatic hydroxyl groups excluding tert-OH is 1. The van der Waals surface area contributed by atoms with Gasteiger partial charge in [-0.25, -0.2) is 4.79 Å². The first kappa shape index (κ1) is 49.2. The summed E-state index contributed by atoms with van der Waals surface area (Å²) in [7, 11) is 0. The highest BCUT2D eigenvalue weighted by atomic mass is 16.4.